The fourth-order valence-electron chi connectivity index (χ4n) is 2.87. The zero-order valence-electron chi connectivity index (χ0n) is 17.1. The first kappa shape index (κ1) is 22.1. The number of hydrogen-bond acceptors (Lipinski definition) is 5. The second kappa shape index (κ2) is 11.0. The lowest BCUT2D eigenvalue weighted by atomic mass is 9.98. The van der Waals surface area contributed by atoms with E-state index in [2.05, 4.69) is 5.32 Å². The van der Waals surface area contributed by atoms with Crippen LogP contribution in [0.4, 0.5) is 0 Å². The number of benzene rings is 2. The van der Waals surface area contributed by atoms with Crippen LogP contribution in [0.15, 0.2) is 42.5 Å². The monoisotopic (exact) mass is 397 g/mol. The molecule has 29 heavy (non-hydrogen) atoms. The zero-order chi connectivity index (χ0) is 21.2. The standard InChI is InChI=1S/C23H27NO5/c1-4-16-11-12-17(5-2)19(13-16)20(25)15-29-22(26)14-24-23(27)18-9-7-8-10-21(18)28-6-3/h7-13H,4-6,14-15H2,1-3H3,(H,24,27). The Labute approximate surface area is 171 Å². The molecule has 0 saturated heterocycles. The maximum atomic E-state index is 12.5. The molecule has 0 aliphatic carbocycles. The first-order chi connectivity index (χ1) is 14.0. The summed E-state index contributed by atoms with van der Waals surface area (Å²) in [6.07, 6.45) is 1.54. The van der Waals surface area contributed by atoms with Gasteiger partial charge in [-0.25, -0.2) is 0 Å². The Hall–Kier alpha value is -3.15. The van der Waals surface area contributed by atoms with Gasteiger partial charge in [-0.1, -0.05) is 38.1 Å². The van der Waals surface area contributed by atoms with Crippen LogP contribution in [0.25, 0.3) is 0 Å². The summed E-state index contributed by atoms with van der Waals surface area (Å²) in [6.45, 7) is 5.55. The molecule has 6 nitrogen and oxygen atoms in total. The lowest BCUT2D eigenvalue weighted by Gasteiger charge is -2.11. The highest BCUT2D eigenvalue weighted by Crippen LogP contribution is 2.17. The van der Waals surface area contributed by atoms with Crippen molar-refractivity contribution in [1.29, 1.82) is 0 Å². The van der Waals surface area contributed by atoms with Crippen molar-refractivity contribution in [3.63, 3.8) is 0 Å². The van der Waals surface area contributed by atoms with Crippen molar-refractivity contribution in [2.75, 3.05) is 19.8 Å². The molecule has 2 aromatic carbocycles. The van der Waals surface area contributed by atoms with Crippen molar-refractivity contribution in [2.45, 2.75) is 33.6 Å². The van der Waals surface area contributed by atoms with Gasteiger partial charge >= 0.3 is 5.97 Å². The first-order valence-corrected chi connectivity index (χ1v) is 9.80. The highest BCUT2D eigenvalue weighted by Gasteiger charge is 2.16. The van der Waals surface area contributed by atoms with Gasteiger partial charge in [0.25, 0.3) is 5.91 Å². The van der Waals surface area contributed by atoms with E-state index in [9.17, 15) is 14.4 Å². The second-order valence-electron chi connectivity index (χ2n) is 6.39. The average Bonchev–Trinajstić information content (AvgIpc) is 2.75. The van der Waals surface area contributed by atoms with Crippen LogP contribution in [0.5, 0.6) is 5.75 Å². The Balaban J connectivity index is 1.90. The molecule has 0 bridgehead atoms. The Morgan fingerprint density at radius 3 is 2.38 bits per heavy atom. The van der Waals surface area contributed by atoms with Crippen molar-refractivity contribution in [3.8, 4) is 5.75 Å². The molecule has 0 fully saturated rings. The van der Waals surface area contributed by atoms with Gasteiger partial charge < -0.3 is 14.8 Å². The molecule has 0 saturated carbocycles. The summed E-state index contributed by atoms with van der Waals surface area (Å²) in [5.74, 6) is -0.927. The van der Waals surface area contributed by atoms with Crippen LogP contribution in [-0.4, -0.2) is 37.4 Å². The van der Waals surface area contributed by atoms with Crippen molar-refractivity contribution in [3.05, 3.63) is 64.7 Å². The number of rotatable bonds is 10. The minimum Gasteiger partial charge on any atom is -0.493 e. The lowest BCUT2D eigenvalue weighted by Crippen LogP contribution is -2.31. The van der Waals surface area contributed by atoms with Crippen LogP contribution in [0, 0.1) is 0 Å². The molecule has 0 radical (unpaired) electrons. The summed E-state index contributed by atoms with van der Waals surface area (Å²) in [7, 11) is 0. The van der Waals surface area contributed by atoms with E-state index >= 15 is 0 Å². The first-order valence-electron chi connectivity index (χ1n) is 9.80. The molecule has 0 aromatic heterocycles. The minimum absolute atomic E-state index is 0.251. The zero-order valence-corrected chi connectivity index (χ0v) is 17.1. The molecular weight excluding hydrogens is 370 g/mol. The van der Waals surface area contributed by atoms with Crippen LogP contribution in [-0.2, 0) is 22.4 Å². The van der Waals surface area contributed by atoms with Crippen molar-refractivity contribution >= 4 is 17.7 Å². The third-order valence-electron chi connectivity index (χ3n) is 4.45. The fourth-order valence-corrected chi connectivity index (χ4v) is 2.87. The minimum atomic E-state index is -0.676. The molecule has 0 atom stereocenters. The summed E-state index contributed by atoms with van der Waals surface area (Å²) in [5, 5.41) is 2.50. The Kier molecular flexibility index (Phi) is 8.40. The number of amides is 1. The van der Waals surface area contributed by atoms with Crippen molar-refractivity contribution < 1.29 is 23.9 Å². The van der Waals surface area contributed by atoms with Crippen LogP contribution >= 0.6 is 0 Å². The number of ether oxygens (including phenoxy) is 2. The van der Waals surface area contributed by atoms with E-state index < -0.39 is 11.9 Å². The number of nitrogens with one attached hydrogen (secondary N) is 1. The van der Waals surface area contributed by atoms with Crippen LogP contribution in [0.3, 0.4) is 0 Å². The Morgan fingerprint density at radius 1 is 0.931 bits per heavy atom. The quantitative estimate of drug-likeness (QED) is 0.491. The van der Waals surface area contributed by atoms with Crippen molar-refractivity contribution in [2.24, 2.45) is 0 Å². The highest BCUT2D eigenvalue weighted by molar-refractivity contribution is 6.00. The van der Waals surface area contributed by atoms with Gasteiger partial charge in [0.05, 0.1) is 12.2 Å². The van der Waals surface area contributed by atoms with E-state index in [4.69, 9.17) is 9.47 Å². The number of carbonyl (C=O) groups excluding carboxylic acids is 3. The van der Waals surface area contributed by atoms with E-state index in [1.54, 1.807) is 24.3 Å². The largest absolute Gasteiger partial charge is 0.493 e. The lowest BCUT2D eigenvalue weighted by molar-refractivity contribution is -0.141. The third kappa shape index (κ3) is 6.17. The molecule has 6 heteroatoms. The molecule has 1 N–H and O–H groups in total. The number of Topliss-reactive ketones (excluding diaryl/α,β-unsaturated/α-hetero) is 1. The molecule has 0 spiro atoms. The summed E-state index contributed by atoms with van der Waals surface area (Å²) < 4.78 is 10.5. The maximum Gasteiger partial charge on any atom is 0.325 e. The van der Waals surface area contributed by atoms with Crippen LogP contribution in [0.1, 0.15) is 52.6 Å². The summed E-state index contributed by atoms with van der Waals surface area (Å²) in [4.78, 5) is 36.8. The highest BCUT2D eigenvalue weighted by atomic mass is 16.5. The second-order valence-corrected chi connectivity index (χ2v) is 6.39. The van der Waals surface area contributed by atoms with Gasteiger partial charge in [0, 0.05) is 5.56 Å². The number of esters is 1. The predicted octanol–water partition coefficient (Wildman–Crippen LogP) is 3.37. The number of carbonyl (C=O) groups is 3. The predicted molar refractivity (Wildman–Crippen MR) is 110 cm³/mol. The number of hydrogen-bond donors (Lipinski definition) is 1. The Bertz CT molecular complexity index is 875. The summed E-state index contributed by atoms with van der Waals surface area (Å²) in [6, 6.07) is 12.6. The topological polar surface area (TPSA) is 81.7 Å². The number of aryl methyl sites for hydroxylation is 2. The van der Waals surface area contributed by atoms with Gasteiger partial charge in [0.15, 0.2) is 6.61 Å². The van der Waals surface area contributed by atoms with Gasteiger partial charge in [-0.05, 0) is 49.1 Å². The van der Waals surface area contributed by atoms with E-state index in [0.29, 0.717) is 29.9 Å². The van der Waals surface area contributed by atoms with Crippen LogP contribution < -0.4 is 10.1 Å². The molecule has 0 unspecified atom stereocenters. The van der Waals surface area contributed by atoms with E-state index in [1.165, 1.54) is 0 Å². The molecule has 0 heterocycles. The number of para-hydroxylation sites is 1. The molecule has 0 aliphatic heterocycles. The molecular formula is C23H27NO5. The molecule has 2 rings (SSSR count). The smallest absolute Gasteiger partial charge is 0.325 e. The normalized spacial score (nSPS) is 10.3. The van der Waals surface area contributed by atoms with Gasteiger partial charge in [-0.2, -0.15) is 0 Å². The molecule has 154 valence electrons. The van der Waals surface area contributed by atoms with Gasteiger partial charge in [0.1, 0.15) is 12.3 Å². The van der Waals surface area contributed by atoms with Gasteiger partial charge in [-0.3, -0.25) is 14.4 Å². The SMILES string of the molecule is CCOc1ccccc1C(=O)NCC(=O)OCC(=O)c1cc(CC)ccc1CC. The average molecular weight is 397 g/mol. The summed E-state index contributed by atoms with van der Waals surface area (Å²) >= 11 is 0. The third-order valence-corrected chi connectivity index (χ3v) is 4.45. The van der Waals surface area contributed by atoms with E-state index in [0.717, 1.165) is 17.5 Å². The fraction of sp³-hybridized carbons (Fsp3) is 0.348. The number of ketones is 1. The molecule has 2 aromatic rings. The molecule has 1 amide bonds. The maximum absolute atomic E-state index is 12.5. The van der Waals surface area contributed by atoms with Gasteiger partial charge in [-0.15, -0.1) is 0 Å². The molecule has 0 aliphatic rings. The van der Waals surface area contributed by atoms with E-state index in [1.807, 2.05) is 39.0 Å². The van der Waals surface area contributed by atoms with E-state index in [-0.39, 0.29) is 18.9 Å². The Morgan fingerprint density at radius 2 is 1.69 bits per heavy atom. The summed E-state index contributed by atoms with van der Waals surface area (Å²) in [5.41, 5.74) is 2.89. The van der Waals surface area contributed by atoms with Crippen molar-refractivity contribution in [1.82, 2.24) is 5.32 Å². The van der Waals surface area contributed by atoms with Crippen LogP contribution in [0.2, 0.25) is 0 Å². The van der Waals surface area contributed by atoms with Gasteiger partial charge in [0.2, 0.25) is 5.78 Å².